The molecule has 0 saturated heterocycles. The lowest BCUT2D eigenvalue weighted by Gasteiger charge is -2.23. The van der Waals surface area contributed by atoms with E-state index in [1.54, 1.807) is 13.1 Å². The highest BCUT2D eigenvalue weighted by Gasteiger charge is 2.34. The summed E-state index contributed by atoms with van der Waals surface area (Å²) in [6, 6.07) is 15.2. The number of rotatable bonds is 11. The molecule has 0 amide bonds. The molecule has 0 aliphatic rings. The number of halogens is 5. The molecule has 0 fully saturated rings. The maximum atomic E-state index is 15.1. The Morgan fingerprint density at radius 1 is 0.892 bits per heavy atom. The number of carboxylic acids is 1. The number of benzene rings is 3. The van der Waals surface area contributed by atoms with Gasteiger partial charge in [0.25, 0.3) is 5.92 Å². The Hall–Kier alpha value is -3.66. The third-order valence-electron chi connectivity index (χ3n) is 5.72. The van der Waals surface area contributed by atoms with E-state index in [4.69, 9.17) is 14.6 Å². The molecule has 37 heavy (non-hydrogen) atoms. The summed E-state index contributed by atoms with van der Waals surface area (Å²) < 4.78 is 80.1. The average molecular weight is 523 g/mol. The van der Waals surface area contributed by atoms with Gasteiger partial charge in [-0.3, -0.25) is 9.69 Å². The molecule has 0 aliphatic heterocycles. The minimum atomic E-state index is -4.50. The Balaban J connectivity index is 1.82. The average Bonchev–Trinajstić information content (AvgIpc) is 2.86. The van der Waals surface area contributed by atoms with Gasteiger partial charge in [-0.05, 0) is 61.1 Å². The monoisotopic (exact) mass is 523 g/mol. The first-order valence-corrected chi connectivity index (χ1v) is 11.3. The van der Waals surface area contributed by atoms with Crippen LogP contribution in [0.1, 0.15) is 34.8 Å². The van der Waals surface area contributed by atoms with Crippen molar-refractivity contribution in [1.82, 2.24) is 4.90 Å². The molecule has 0 heterocycles. The second-order valence-corrected chi connectivity index (χ2v) is 8.48. The van der Waals surface area contributed by atoms with Crippen molar-refractivity contribution in [2.24, 2.45) is 0 Å². The zero-order valence-electron chi connectivity index (χ0n) is 20.1. The maximum Gasteiger partial charge on any atom is 0.416 e. The van der Waals surface area contributed by atoms with Crippen LogP contribution in [0, 0.1) is 0 Å². The van der Waals surface area contributed by atoms with E-state index in [-0.39, 0.29) is 36.4 Å². The number of likely N-dealkylation sites (N-methyl/N-ethyl adjacent to an activating group) is 1. The molecule has 0 saturated carbocycles. The molecule has 3 rings (SSSR count). The molecule has 1 atom stereocenters. The molecule has 0 aliphatic carbocycles. The van der Waals surface area contributed by atoms with E-state index in [9.17, 15) is 18.0 Å². The number of carbonyl (C=O) groups is 1. The van der Waals surface area contributed by atoms with Gasteiger partial charge in [-0.15, -0.1) is 0 Å². The van der Waals surface area contributed by atoms with E-state index in [0.717, 1.165) is 12.1 Å². The fourth-order valence-corrected chi connectivity index (χ4v) is 3.72. The van der Waals surface area contributed by atoms with Crippen LogP contribution in [-0.2, 0) is 16.9 Å². The van der Waals surface area contributed by atoms with Crippen molar-refractivity contribution < 1.29 is 41.3 Å². The molecule has 0 aromatic heterocycles. The molecule has 5 nitrogen and oxygen atoms in total. The summed E-state index contributed by atoms with van der Waals surface area (Å²) in [4.78, 5) is 12.5. The summed E-state index contributed by atoms with van der Waals surface area (Å²) in [5.41, 5.74) is -0.908. The highest BCUT2D eigenvalue weighted by Crippen LogP contribution is 2.38. The van der Waals surface area contributed by atoms with Crippen LogP contribution in [-0.4, -0.2) is 43.2 Å². The molecule has 3 aromatic rings. The molecule has 1 unspecified atom stereocenters. The Morgan fingerprint density at radius 2 is 1.51 bits per heavy atom. The number of ether oxygens (including phenoxy) is 2. The molecule has 1 N–H and O–H groups in total. The van der Waals surface area contributed by atoms with Crippen molar-refractivity contribution in [1.29, 1.82) is 0 Å². The number of methoxy groups -OCH3 is 1. The van der Waals surface area contributed by atoms with Gasteiger partial charge in [0.1, 0.15) is 17.6 Å². The summed E-state index contributed by atoms with van der Waals surface area (Å²) >= 11 is 0. The molecule has 3 aromatic carbocycles. The normalized spacial score (nSPS) is 12.9. The van der Waals surface area contributed by atoms with Gasteiger partial charge in [0.05, 0.1) is 19.2 Å². The summed E-state index contributed by atoms with van der Waals surface area (Å²) in [7, 11) is 2.98. The molecule has 198 valence electrons. The van der Waals surface area contributed by atoms with Crippen LogP contribution in [0.5, 0.6) is 11.5 Å². The lowest BCUT2D eigenvalue weighted by Crippen LogP contribution is -2.28. The highest BCUT2D eigenvalue weighted by atomic mass is 19.4. The van der Waals surface area contributed by atoms with Crippen LogP contribution in [0.25, 0.3) is 0 Å². The zero-order valence-corrected chi connectivity index (χ0v) is 20.1. The number of aliphatic carboxylic acids is 1. The minimum absolute atomic E-state index is 0.228. The second kappa shape index (κ2) is 11.6. The van der Waals surface area contributed by atoms with Gasteiger partial charge in [0.15, 0.2) is 0 Å². The first-order chi connectivity index (χ1) is 17.4. The van der Waals surface area contributed by atoms with Crippen LogP contribution >= 0.6 is 0 Å². The number of alkyl halides is 5. The summed E-state index contributed by atoms with van der Waals surface area (Å²) in [6.45, 7) is 0.0395. The van der Waals surface area contributed by atoms with Crippen molar-refractivity contribution in [3.05, 3.63) is 95.1 Å². The van der Waals surface area contributed by atoms with Crippen LogP contribution < -0.4 is 9.47 Å². The van der Waals surface area contributed by atoms with Gasteiger partial charge in [0.2, 0.25) is 0 Å². The van der Waals surface area contributed by atoms with Gasteiger partial charge in [0, 0.05) is 24.1 Å². The fourth-order valence-electron chi connectivity index (χ4n) is 3.72. The number of nitrogens with zero attached hydrogens (tertiary/aromatic N) is 1. The van der Waals surface area contributed by atoms with Crippen LogP contribution in [0.15, 0.2) is 72.8 Å². The first-order valence-electron chi connectivity index (χ1n) is 11.3. The van der Waals surface area contributed by atoms with Gasteiger partial charge in [-0.1, -0.05) is 24.3 Å². The SMILES string of the molecule is COc1cccc(C(F)(F)c2ccc(OC(CCN(C)CC(=O)O)c3ccc(C(F)(F)F)cc3)cc2)c1. The lowest BCUT2D eigenvalue weighted by atomic mass is 10.00. The summed E-state index contributed by atoms with van der Waals surface area (Å²) in [5, 5.41) is 8.96. The van der Waals surface area contributed by atoms with Gasteiger partial charge >= 0.3 is 12.1 Å². The Labute approximate surface area is 211 Å². The van der Waals surface area contributed by atoms with Crippen molar-refractivity contribution in [2.45, 2.75) is 24.6 Å². The van der Waals surface area contributed by atoms with Crippen molar-refractivity contribution >= 4 is 5.97 Å². The predicted molar refractivity (Wildman–Crippen MR) is 127 cm³/mol. The zero-order chi connectivity index (χ0) is 27.2. The van der Waals surface area contributed by atoms with Crippen molar-refractivity contribution in [3.63, 3.8) is 0 Å². The smallest absolute Gasteiger partial charge is 0.416 e. The lowest BCUT2D eigenvalue weighted by molar-refractivity contribution is -0.138. The van der Waals surface area contributed by atoms with E-state index in [1.807, 2.05) is 0 Å². The van der Waals surface area contributed by atoms with E-state index in [1.165, 1.54) is 66.6 Å². The molecule has 0 spiro atoms. The van der Waals surface area contributed by atoms with E-state index in [2.05, 4.69) is 0 Å². The van der Waals surface area contributed by atoms with Crippen molar-refractivity contribution in [3.8, 4) is 11.5 Å². The third kappa shape index (κ3) is 7.42. The van der Waals surface area contributed by atoms with Gasteiger partial charge in [-0.25, -0.2) is 0 Å². The Morgan fingerprint density at radius 3 is 2.08 bits per heavy atom. The van der Waals surface area contributed by atoms with Crippen LogP contribution in [0.4, 0.5) is 22.0 Å². The van der Waals surface area contributed by atoms with E-state index in [0.29, 0.717) is 11.3 Å². The Kier molecular flexibility index (Phi) is 8.75. The second-order valence-electron chi connectivity index (χ2n) is 8.48. The number of hydrogen-bond acceptors (Lipinski definition) is 4. The van der Waals surface area contributed by atoms with Crippen molar-refractivity contribution in [2.75, 3.05) is 27.2 Å². The summed E-state index contributed by atoms with van der Waals surface area (Å²) in [5.74, 6) is -3.80. The quantitative estimate of drug-likeness (QED) is 0.296. The van der Waals surface area contributed by atoms with Crippen LogP contribution in [0.3, 0.4) is 0 Å². The highest BCUT2D eigenvalue weighted by molar-refractivity contribution is 5.69. The van der Waals surface area contributed by atoms with Gasteiger partial charge in [-0.2, -0.15) is 22.0 Å². The molecular formula is C27H26F5NO4. The maximum absolute atomic E-state index is 15.1. The Bertz CT molecular complexity index is 1180. The molecular weight excluding hydrogens is 497 g/mol. The molecule has 0 radical (unpaired) electrons. The van der Waals surface area contributed by atoms with Crippen LogP contribution in [0.2, 0.25) is 0 Å². The standard InChI is InChI=1S/C27H26F5NO4/c1-33(17-25(34)35)15-14-24(18-6-8-20(9-7-18)27(30,31)32)37-22-12-10-19(11-13-22)26(28,29)21-4-3-5-23(16-21)36-2/h3-13,16,24H,14-15,17H2,1-2H3,(H,34,35). The van der Waals surface area contributed by atoms with E-state index < -0.39 is 29.7 Å². The molecule has 10 heteroatoms. The number of hydrogen-bond donors (Lipinski definition) is 1. The largest absolute Gasteiger partial charge is 0.497 e. The molecule has 0 bridgehead atoms. The topological polar surface area (TPSA) is 59.0 Å². The fraction of sp³-hybridized carbons (Fsp3) is 0.296. The third-order valence-corrected chi connectivity index (χ3v) is 5.72. The van der Waals surface area contributed by atoms with E-state index >= 15 is 8.78 Å². The predicted octanol–water partition coefficient (Wildman–Crippen LogP) is 6.38. The summed E-state index contributed by atoms with van der Waals surface area (Å²) in [6.07, 6.45) is -5.00. The van der Waals surface area contributed by atoms with Gasteiger partial charge < -0.3 is 14.6 Å². The minimum Gasteiger partial charge on any atom is -0.497 e. The number of carboxylic acid groups (broad SMARTS) is 1. The first kappa shape index (κ1) is 27.9.